The highest BCUT2D eigenvalue weighted by Crippen LogP contribution is 2.21. The number of hydrogen-bond acceptors (Lipinski definition) is 3. The van der Waals surface area contributed by atoms with Crippen LogP contribution in [-0.2, 0) is 11.2 Å². The van der Waals surface area contributed by atoms with Crippen molar-refractivity contribution in [2.45, 2.75) is 38.6 Å². The Labute approximate surface area is 131 Å². The molecule has 1 atom stereocenters. The molecule has 0 unspecified atom stereocenters. The van der Waals surface area contributed by atoms with E-state index in [9.17, 15) is 4.79 Å². The number of likely N-dealkylation sites (tertiary alicyclic amines) is 1. The molecule has 4 heteroatoms. The molecule has 22 heavy (non-hydrogen) atoms. The van der Waals surface area contributed by atoms with Gasteiger partial charge in [-0.05, 0) is 37.3 Å². The van der Waals surface area contributed by atoms with Crippen LogP contribution in [-0.4, -0.2) is 33.4 Å². The highest BCUT2D eigenvalue weighted by molar-refractivity contribution is 5.79. The summed E-state index contributed by atoms with van der Waals surface area (Å²) < 4.78 is 0. The highest BCUT2D eigenvalue weighted by Gasteiger charge is 2.23. The van der Waals surface area contributed by atoms with E-state index in [2.05, 4.69) is 23.0 Å². The zero-order valence-electron chi connectivity index (χ0n) is 12.9. The molecule has 0 spiro atoms. The van der Waals surface area contributed by atoms with Crippen molar-refractivity contribution in [3.63, 3.8) is 0 Å². The molecule has 0 radical (unpaired) electrons. The lowest BCUT2D eigenvalue weighted by atomic mass is 10.0. The van der Waals surface area contributed by atoms with Crippen molar-refractivity contribution in [2.75, 3.05) is 6.54 Å². The minimum Gasteiger partial charge on any atom is -0.340 e. The normalized spacial score (nSPS) is 18.2. The molecule has 1 saturated heterocycles. The van der Waals surface area contributed by atoms with E-state index in [0.717, 1.165) is 36.1 Å². The first-order valence-electron chi connectivity index (χ1n) is 7.88. The first-order chi connectivity index (χ1) is 10.7. The Morgan fingerprint density at radius 3 is 2.82 bits per heavy atom. The third-order valence-electron chi connectivity index (χ3n) is 4.30. The lowest BCUT2D eigenvalue weighted by Gasteiger charge is -2.33. The first kappa shape index (κ1) is 14.7. The van der Waals surface area contributed by atoms with Crippen LogP contribution in [0.5, 0.6) is 0 Å². The third kappa shape index (κ3) is 3.32. The Balaban J connectivity index is 1.74. The van der Waals surface area contributed by atoms with Gasteiger partial charge in [-0.3, -0.25) is 4.79 Å². The Bertz CT molecular complexity index is 642. The maximum atomic E-state index is 12.5. The van der Waals surface area contributed by atoms with E-state index in [-0.39, 0.29) is 5.91 Å². The number of amides is 1. The van der Waals surface area contributed by atoms with E-state index >= 15 is 0 Å². The van der Waals surface area contributed by atoms with Crippen molar-refractivity contribution >= 4 is 5.91 Å². The number of nitrogens with zero attached hydrogens (tertiary/aromatic N) is 3. The van der Waals surface area contributed by atoms with Gasteiger partial charge in [0.25, 0.3) is 0 Å². The monoisotopic (exact) mass is 295 g/mol. The van der Waals surface area contributed by atoms with Crippen LogP contribution in [0.2, 0.25) is 0 Å². The van der Waals surface area contributed by atoms with Gasteiger partial charge in [0, 0.05) is 30.5 Å². The molecule has 4 nitrogen and oxygen atoms in total. The molecule has 114 valence electrons. The van der Waals surface area contributed by atoms with Crippen LogP contribution in [0.4, 0.5) is 0 Å². The lowest BCUT2D eigenvalue weighted by Crippen LogP contribution is -2.42. The summed E-state index contributed by atoms with van der Waals surface area (Å²) in [6, 6.07) is 8.46. The maximum absolute atomic E-state index is 12.5. The number of carbonyl (C=O) groups excluding carboxylic acids is 1. The first-order valence-corrected chi connectivity index (χ1v) is 7.88. The molecule has 1 fully saturated rings. The van der Waals surface area contributed by atoms with Crippen LogP contribution in [0.15, 0.2) is 43.0 Å². The van der Waals surface area contributed by atoms with Crippen molar-refractivity contribution in [3.05, 3.63) is 48.5 Å². The van der Waals surface area contributed by atoms with Crippen molar-refractivity contribution in [3.8, 4) is 11.1 Å². The van der Waals surface area contributed by atoms with Crippen LogP contribution in [0.1, 0.15) is 31.7 Å². The largest absolute Gasteiger partial charge is 0.340 e. The van der Waals surface area contributed by atoms with Gasteiger partial charge in [0.05, 0.1) is 6.42 Å². The van der Waals surface area contributed by atoms with E-state index in [1.807, 2.05) is 23.1 Å². The Morgan fingerprint density at radius 1 is 1.23 bits per heavy atom. The second-order valence-electron chi connectivity index (χ2n) is 5.94. The fraction of sp³-hybridized carbons (Fsp3) is 0.389. The second kappa shape index (κ2) is 6.69. The van der Waals surface area contributed by atoms with Crippen LogP contribution in [0, 0.1) is 0 Å². The molecule has 1 aliphatic rings. The minimum atomic E-state index is 0.230. The molecular formula is C18H21N3O. The number of benzene rings is 1. The van der Waals surface area contributed by atoms with Crippen LogP contribution >= 0.6 is 0 Å². The summed E-state index contributed by atoms with van der Waals surface area (Å²) >= 11 is 0. The topological polar surface area (TPSA) is 46.1 Å². The van der Waals surface area contributed by atoms with Gasteiger partial charge in [0.1, 0.15) is 6.33 Å². The molecule has 0 saturated carbocycles. The van der Waals surface area contributed by atoms with Gasteiger partial charge >= 0.3 is 0 Å². The smallest absolute Gasteiger partial charge is 0.227 e. The number of hydrogen-bond donors (Lipinski definition) is 0. The summed E-state index contributed by atoms with van der Waals surface area (Å²) in [5.41, 5.74) is 3.07. The van der Waals surface area contributed by atoms with Crippen molar-refractivity contribution in [2.24, 2.45) is 0 Å². The molecule has 1 aliphatic heterocycles. The molecule has 2 aromatic rings. The fourth-order valence-corrected chi connectivity index (χ4v) is 3.05. The third-order valence-corrected chi connectivity index (χ3v) is 4.30. The second-order valence-corrected chi connectivity index (χ2v) is 5.94. The SMILES string of the molecule is C[C@H]1CCCCN1C(=O)Cc1cccc(-c2cncnc2)c1. The summed E-state index contributed by atoms with van der Waals surface area (Å²) in [6.07, 6.45) is 9.04. The van der Waals surface area contributed by atoms with E-state index in [1.165, 1.54) is 12.7 Å². The number of aromatic nitrogens is 2. The van der Waals surface area contributed by atoms with Gasteiger partial charge in [0.2, 0.25) is 5.91 Å². The summed E-state index contributed by atoms with van der Waals surface area (Å²) in [6.45, 7) is 3.04. The highest BCUT2D eigenvalue weighted by atomic mass is 16.2. The molecule has 0 aliphatic carbocycles. The average Bonchev–Trinajstić information content (AvgIpc) is 2.56. The molecule has 0 bridgehead atoms. The predicted octanol–water partition coefficient (Wildman–Crippen LogP) is 3.09. The lowest BCUT2D eigenvalue weighted by molar-refractivity contribution is -0.133. The Hall–Kier alpha value is -2.23. The molecular weight excluding hydrogens is 274 g/mol. The van der Waals surface area contributed by atoms with E-state index in [4.69, 9.17) is 0 Å². The van der Waals surface area contributed by atoms with Gasteiger partial charge in [-0.1, -0.05) is 24.3 Å². The van der Waals surface area contributed by atoms with Crippen molar-refractivity contribution in [1.82, 2.24) is 14.9 Å². The number of piperidine rings is 1. The van der Waals surface area contributed by atoms with Gasteiger partial charge in [0.15, 0.2) is 0 Å². The predicted molar refractivity (Wildman–Crippen MR) is 86.2 cm³/mol. The molecule has 0 N–H and O–H groups in total. The van der Waals surface area contributed by atoms with Gasteiger partial charge in [-0.15, -0.1) is 0 Å². The summed E-state index contributed by atoms with van der Waals surface area (Å²) in [4.78, 5) is 22.7. The minimum absolute atomic E-state index is 0.230. The van der Waals surface area contributed by atoms with Gasteiger partial charge in [-0.2, -0.15) is 0 Å². The molecule has 1 aromatic heterocycles. The van der Waals surface area contributed by atoms with Crippen LogP contribution in [0.3, 0.4) is 0 Å². The van der Waals surface area contributed by atoms with E-state index in [0.29, 0.717) is 12.5 Å². The standard InChI is InChI=1S/C18H21N3O/c1-14-5-2-3-8-21(14)18(22)10-15-6-4-7-16(9-15)17-11-19-13-20-12-17/h4,6-7,9,11-14H,2-3,5,8,10H2,1H3/t14-/m0/s1. The van der Waals surface area contributed by atoms with E-state index < -0.39 is 0 Å². The Morgan fingerprint density at radius 2 is 2.05 bits per heavy atom. The molecule has 2 heterocycles. The molecule has 3 rings (SSSR count). The summed E-state index contributed by atoms with van der Waals surface area (Å²) in [5, 5.41) is 0. The Kier molecular flexibility index (Phi) is 4.47. The number of rotatable bonds is 3. The average molecular weight is 295 g/mol. The zero-order chi connectivity index (χ0) is 15.4. The number of carbonyl (C=O) groups is 1. The van der Waals surface area contributed by atoms with Crippen LogP contribution < -0.4 is 0 Å². The summed E-state index contributed by atoms with van der Waals surface area (Å²) in [5.74, 6) is 0.230. The van der Waals surface area contributed by atoms with Gasteiger partial charge < -0.3 is 4.90 Å². The van der Waals surface area contributed by atoms with Crippen molar-refractivity contribution < 1.29 is 4.79 Å². The zero-order valence-corrected chi connectivity index (χ0v) is 12.9. The van der Waals surface area contributed by atoms with Crippen molar-refractivity contribution in [1.29, 1.82) is 0 Å². The van der Waals surface area contributed by atoms with E-state index in [1.54, 1.807) is 12.4 Å². The summed E-state index contributed by atoms with van der Waals surface area (Å²) in [7, 11) is 0. The van der Waals surface area contributed by atoms with Crippen LogP contribution in [0.25, 0.3) is 11.1 Å². The van der Waals surface area contributed by atoms with Gasteiger partial charge in [-0.25, -0.2) is 9.97 Å². The quantitative estimate of drug-likeness (QED) is 0.874. The molecule has 1 amide bonds. The maximum Gasteiger partial charge on any atom is 0.227 e. The fourth-order valence-electron chi connectivity index (χ4n) is 3.05. The molecule has 1 aromatic carbocycles.